The van der Waals surface area contributed by atoms with Crippen molar-refractivity contribution < 1.29 is 0 Å². The van der Waals surface area contributed by atoms with Crippen LogP contribution >= 0.6 is 0 Å². The third-order valence-corrected chi connectivity index (χ3v) is 10.1. The fourth-order valence-corrected chi connectivity index (χ4v) is 7.59. The van der Waals surface area contributed by atoms with Crippen LogP contribution in [0.5, 0.6) is 0 Å². The van der Waals surface area contributed by atoms with Crippen LogP contribution in [-0.4, -0.2) is 0 Å². The summed E-state index contributed by atoms with van der Waals surface area (Å²) in [4.78, 5) is 0. The van der Waals surface area contributed by atoms with Gasteiger partial charge in [-0.1, -0.05) is 194 Å². The lowest BCUT2D eigenvalue weighted by molar-refractivity contribution is 1.51. The molecular formula is C51H36. The zero-order valence-electron chi connectivity index (χ0n) is 28.6. The van der Waals surface area contributed by atoms with Gasteiger partial charge in [0.25, 0.3) is 0 Å². The van der Waals surface area contributed by atoms with Crippen molar-refractivity contribution in [1.82, 2.24) is 0 Å². The molecule has 51 heavy (non-hydrogen) atoms. The van der Waals surface area contributed by atoms with E-state index < -0.39 is 0 Å². The molecule has 0 spiro atoms. The third-order valence-electron chi connectivity index (χ3n) is 10.1. The average Bonchev–Trinajstić information content (AvgIpc) is 3.21. The molecule has 0 fully saturated rings. The molecule has 0 aliphatic rings. The van der Waals surface area contributed by atoms with Crippen molar-refractivity contribution in [2.24, 2.45) is 0 Å². The lowest BCUT2D eigenvalue weighted by Crippen LogP contribution is -1.92. The van der Waals surface area contributed by atoms with Gasteiger partial charge in [-0.3, -0.25) is 0 Å². The smallest absolute Gasteiger partial charge is 0.00261 e. The van der Waals surface area contributed by atoms with Crippen molar-refractivity contribution in [1.29, 1.82) is 0 Å². The molecule has 0 saturated heterocycles. The summed E-state index contributed by atoms with van der Waals surface area (Å²) in [6.07, 6.45) is 0. The van der Waals surface area contributed by atoms with Crippen LogP contribution in [0.25, 0.3) is 88.3 Å². The van der Waals surface area contributed by atoms with Crippen LogP contribution in [0.15, 0.2) is 200 Å². The van der Waals surface area contributed by atoms with Crippen LogP contribution in [0.2, 0.25) is 0 Å². The number of aryl methyl sites for hydroxylation is 1. The lowest BCUT2D eigenvalue weighted by Gasteiger charge is -2.19. The van der Waals surface area contributed by atoms with Gasteiger partial charge in [-0.15, -0.1) is 0 Å². The van der Waals surface area contributed by atoms with Gasteiger partial charge >= 0.3 is 0 Å². The zero-order valence-corrected chi connectivity index (χ0v) is 28.6. The molecule has 0 bridgehead atoms. The standard InChI is InChI=1S/C51H36/c1-35-22-31-48-49(32-35)51(45-19-11-17-43(34-45)41-29-25-39(26-30-41)37-14-6-3-7-15-37)47-21-9-8-20-46(47)50(48)44-18-10-16-42(33-44)40-27-23-38(24-28-40)36-12-4-2-5-13-36/h2-34H,1H3. The largest absolute Gasteiger partial charge is 0.0622 e. The van der Waals surface area contributed by atoms with Crippen LogP contribution in [0.1, 0.15) is 5.56 Å². The number of rotatable bonds is 6. The number of fused-ring (bicyclic) bond motifs is 2. The van der Waals surface area contributed by atoms with Crippen molar-refractivity contribution in [3.63, 3.8) is 0 Å². The Kier molecular flexibility index (Phi) is 7.84. The first kappa shape index (κ1) is 30.6. The first-order chi connectivity index (χ1) is 25.2. The quantitative estimate of drug-likeness (QED) is 0.157. The monoisotopic (exact) mass is 648 g/mol. The van der Waals surface area contributed by atoms with Crippen LogP contribution in [0, 0.1) is 6.92 Å². The Hall–Kier alpha value is -6.50. The second kappa shape index (κ2) is 13.1. The van der Waals surface area contributed by atoms with Gasteiger partial charge in [0.1, 0.15) is 0 Å². The van der Waals surface area contributed by atoms with Gasteiger partial charge in [0.2, 0.25) is 0 Å². The molecule has 0 amide bonds. The fourth-order valence-electron chi connectivity index (χ4n) is 7.59. The molecule has 0 heteroatoms. The molecule has 0 aliphatic carbocycles. The maximum atomic E-state index is 2.37. The van der Waals surface area contributed by atoms with E-state index in [1.807, 2.05) is 0 Å². The molecule has 0 heterocycles. The SMILES string of the molecule is Cc1ccc2c(-c3cccc(-c4ccc(-c5ccccc5)cc4)c3)c3ccccc3c(-c3cccc(-c4ccc(-c5ccccc5)cc4)c3)c2c1. The number of benzene rings is 9. The molecule has 0 saturated carbocycles. The van der Waals surface area contributed by atoms with E-state index in [0.717, 1.165) is 0 Å². The van der Waals surface area contributed by atoms with Crippen LogP contribution in [0.4, 0.5) is 0 Å². The van der Waals surface area contributed by atoms with E-state index in [2.05, 4.69) is 207 Å². The summed E-state index contributed by atoms with van der Waals surface area (Å²) in [6.45, 7) is 2.20. The van der Waals surface area contributed by atoms with Crippen LogP contribution in [0.3, 0.4) is 0 Å². The molecule has 240 valence electrons. The minimum Gasteiger partial charge on any atom is -0.0622 e. The average molecular weight is 649 g/mol. The van der Waals surface area contributed by atoms with Gasteiger partial charge in [-0.05, 0) is 107 Å². The highest BCUT2D eigenvalue weighted by molar-refractivity contribution is 6.21. The van der Waals surface area contributed by atoms with E-state index >= 15 is 0 Å². The van der Waals surface area contributed by atoms with E-state index in [-0.39, 0.29) is 0 Å². The molecule has 0 nitrogen and oxygen atoms in total. The van der Waals surface area contributed by atoms with E-state index in [0.29, 0.717) is 0 Å². The number of hydrogen-bond acceptors (Lipinski definition) is 0. The van der Waals surface area contributed by atoms with E-state index in [1.54, 1.807) is 0 Å². The summed E-state index contributed by atoms with van der Waals surface area (Å²) in [5, 5.41) is 5.07. The Morgan fingerprint density at radius 3 is 1.02 bits per heavy atom. The summed E-state index contributed by atoms with van der Waals surface area (Å²) >= 11 is 0. The Balaban J connectivity index is 1.17. The second-order valence-corrected chi connectivity index (χ2v) is 13.4. The second-order valence-electron chi connectivity index (χ2n) is 13.4. The first-order valence-corrected chi connectivity index (χ1v) is 17.7. The predicted molar refractivity (Wildman–Crippen MR) is 219 cm³/mol. The maximum Gasteiger partial charge on any atom is -0.00261 e. The van der Waals surface area contributed by atoms with Crippen LogP contribution < -0.4 is 0 Å². The van der Waals surface area contributed by atoms with E-state index in [4.69, 9.17) is 0 Å². The highest BCUT2D eigenvalue weighted by Gasteiger charge is 2.18. The molecule has 0 unspecified atom stereocenters. The van der Waals surface area contributed by atoms with Gasteiger partial charge in [-0.2, -0.15) is 0 Å². The number of hydrogen-bond donors (Lipinski definition) is 0. The Morgan fingerprint density at radius 1 is 0.216 bits per heavy atom. The van der Waals surface area contributed by atoms with E-state index in [1.165, 1.54) is 93.9 Å². The van der Waals surface area contributed by atoms with Crippen molar-refractivity contribution >= 4 is 21.5 Å². The summed E-state index contributed by atoms with van der Waals surface area (Å²) in [5.74, 6) is 0. The Bertz CT molecular complexity index is 2650. The third kappa shape index (κ3) is 5.82. The molecule has 9 aromatic rings. The minimum atomic E-state index is 1.21. The van der Waals surface area contributed by atoms with Crippen LogP contribution in [-0.2, 0) is 0 Å². The summed E-state index contributed by atoms with van der Waals surface area (Å²) < 4.78 is 0. The lowest BCUT2D eigenvalue weighted by atomic mass is 9.84. The fraction of sp³-hybridized carbons (Fsp3) is 0.0196. The molecule has 9 rings (SSSR count). The predicted octanol–water partition coefficient (Wildman–Crippen LogP) is 14.3. The molecule has 0 radical (unpaired) electrons. The van der Waals surface area contributed by atoms with Crippen molar-refractivity contribution in [2.45, 2.75) is 6.92 Å². The van der Waals surface area contributed by atoms with E-state index in [9.17, 15) is 0 Å². The summed E-state index contributed by atoms with van der Waals surface area (Å²) in [6, 6.07) is 73.0. The van der Waals surface area contributed by atoms with Crippen molar-refractivity contribution in [3.8, 4) is 66.8 Å². The van der Waals surface area contributed by atoms with Crippen molar-refractivity contribution in [2.75, 3.05) is 0 Å². The van der Waals surface area contributed by atoms with Gasteiger partial charge in [-0.25, -0.2) is 0 Å². The maximum absolute atomic E-state index is 2.37. The molecule has 0 N–H and O–H groups in total. The summed E-state index contributed by atoms with van der Waals surface area (Å²) in [7, 11) is 0. The zero-order chi connectivity index (χ0) is 34.1. The minimum absolute atomic E-state index is 1.21. The molecule has 9 aromatic carbocycles. The topological polar surface area (TPSA) is 0 Å². The highest BCUT2D eigenvalue weighted by atomic mass is 14.2. The van der Waals surface area contributed by atoms with Gasteiger partial charge in [0, 0.05) is 0 Å². The Morgan fingerprint density at radius 2 is 0.549 bits per heavy atom. The Labute approximate surface area is 300 Å². The van der Waals surface area contributed by atoms with Gasteiger partial charge < -0.3 is 0 Å². The van der Waals surface area contributed by atoms with Gasteiger partial charge in [0.15, 0.2) is 0 Å². The normalized spacial score (nSPS) is 11.2. The molecule has 0 aliphatic heterocycles. The van der Waals surface area contributed by atoms with Gasteiger partial charge in [0.05, 0.1) is 0 Å². The molecular weight excluding hydrogens is 613 g/mol. The van der Waals surface area contributed by atoms with Crippen molar-refractivity contribution in [3.05, 3.63) is 206 Å². The molecule has 0 aromatic heterocycles. The molecule has 0 atom stereocenters. The summed E-state index contributed by atoms with van der Waals surface area (Å²) in [5.41, 5.74) is 16.0. The highest BCUT2D eigenvalue weighted by Crippen LogP contribution is 2.45. The first-order valence-electron chi connectivity index (χ1n) is 17.7.